The Labute approximate surface area is 129 Å². The number of hydrogen-bond donors (Lipinski definition) is 2. The van der Waals surface area contributed by atoms with Crippen LogP contribution in [0.2, 0.25) is 0 Å². The number of rotatable bonds is 5. The van der Waals surface area contributed by atoms with E-state index in [1.807, 2.05) is 12.1 Å². The van der Waals surface area contributed by atoms with Crippen LogP contribution in [0.5, 0.6) is 11.5 Å². The Morgan fingerprint density at radius 1 is 1.30 bits per heavy atom. The van der Waals surface area contributed by atoms with E-state index in [1.54, 1.807) is 7.11 Å². The second-order valence-corrected chi connectivity index (χ2v) is 6.49. The number of phenolic OH excluding ortho intramolecular Hbond substituents is 1. The molecule has 0 radical (unpaired) electrons. The predicted molar refractivity (Wildman–Crippen MR) is 85.2 cm³/mol. The Hall–Kier alpha value is -0.740. The zero-order chi connectivity index (χ0) is 14.5. The van der Waals surface area contributed by atoms with E-state index in [1.165, 1.54) is 32.1 Å². The molecule has 20 heavy (non-hydrogen) atoms. The van der Waals surface area contributed by atoms with Gasteiger partial charge < -0.3 is 15.2 Å². The molecule has 0 heterocycles. The van der Waals surface area contributed by atoms with Crippen LogP contribution in [0, 0.1) is 5.92 Å². The van der Waals surface area contributed by atoms with E-state index in [0.717, 1.165) is 18.0 Å². The summed E-state index contributed by atoms with van der Waals surface area (Å²) in [5.41, 5.74) is 1.13. The maximum absolute atomic E-state index is 9.80. The summed E-state index contributed by atoms with van der Waals surface area (Å²) >= 11 is 3.36. The van der Waals surface area contributed by atoms with E-state index in [9.17, 15) is 5.11 Å². The van der Waals surface area contributed by atoms with Gasteiger partial charge in [0.2, 0.25) is 0 Å². The minimum atomic E-state index is 0.166. The van der Waals surface area contributed by atoms with E-state index in [0.29, 0.717) is 16.3 Å². The fourth-order valence-electron chi connectivity index (χ4n) is 2.92. The average Bonchev–Trinajstić information content (AvgIpc) is 2.48. The molecule has 2 N–H and O–H groups in total. The lowest BCUT2D eigenvalue weighted by Gasteiger charge is -2.28. The molecule has 4 heteroatoms. The number of hydrogen-bond acceptors (Lipinski definition) is 3. The number of halogens is 1. The maximum Gasteiger partial charge on any atom is 0.172 e. The fraction of sp³-hybridized carbons (Fsp3) is 0.625. The summed E-state index contributed by atoms with van der Waals surface area (Å²) in [5.74, 6) is 1.61. The van der Waals surface area contributed by atoms with Crippen LogP contribution in [-0.4, -0.2) is 18.3 Å². The summed E-state index contributed by atoms with van der Waals surface area (Å²) in [7, 11) is 1.57. The zero-order valence-electron chi connectivity index (χ0n) is 12.3. The van der Waals surface area contributed by atoms with Crippen LogP contribution in [0.25, 0.3) is 0 Å². The molecule has 1 fully saturated rings. The summed E-state index contributed by atoms with van der Waals surface area (Å²) < 4.78 is 5.86. The van der Waals surface area contributed by atoms with Crippen molar-refractivity contribution in [2.24, 2.45) is 5.92 Å². The van der Waals surface area contributed by atoms with Crippen molar-refractivity contribution in [2.75, 3.05) is 7.11 Å². The summed E-state index contributed by atoms with van der Waals surface area (Å²) in [6, 6.07) is 4.46. The lowest BCUT2D eigenvalue weighted by atomic mass is 9.84. The lowest BCUT2D eigenvalue weighted by Crippen LogP contribution is -2.32. The molecular weight excluding hydrogens is 318 g/mol. The van der Waals surface area contributed by atoms with Crippen molar-refractivity contribution in [3.05, 3.63) is 22.2 Å². The van der Waals surface area contributed by atoms with E-state index in [-0.39, 0.29) is 5.75 Å². The third kappa shape index (κ3) is 3.89. The van der Waals surface area contributed by atoms with Gasteiger partial charge in [-0.05, 0) is 65.2 Å². The Balaban J connectivity index is 1.90. The van der Waals surface area contributed by atoms with Gasteiger partial charge in [-0.25, -0.2) is 0 Å². The Morgan fingerprint density at radius 2 is 2.00 bits per heavy atom. The topological polar surface area (TPSA) is 41.5 Å². The van der Waals surface area contributed by atoms with Crippen LogP contribution >= 0.6 is 15.9 Å². The molecule has 1 aliphatic rings. The van der Waals surface area contributed by atoms with E-state index in [4.69, 9.17) is 4.74 Å². The van der Waals surface area contributed by atoms with Crippen molar-refractivity contribution in [1.82, 2.24) is 5.32 Å². The average molecular weight is 342 g/mol. The quantitative estimate of drug-likeness (QED) is 0.842. The van der Waals surface area contributed by atoms with Crippen molar-refractivity contribution in [1.29, 1.82) is 0 Å². The maximum atomic E-state index is 9.80. The molecule has 3 nitrogen and oxygen atoms in total. The first kappa shape index (κ1) is 15.6. The monoisotopic (exact) mass is 341 g/mol. The normalized spacial score (nSPS) is 22.8. The first-order chi connectivity index (χ1) is 9.63. The number of methoxy groups -OCH3 is 1. The highest BCUT2D eigenvalue weighted by Crippen LogP contribution is 2.35. The minimum Gasteiger partial charge on any atom is -0.503 e. The molecular formula is C16H24BrNO2. The second kappa shape index (κ2) is 7.32. The third-order valence-corrected chi connectivity index (χ3v) is 4.93. The molecule has 1 saturated carbocycles. The molecule has 1 aromatic rings. The van der Waals surface area contributed by atoms with Crippen molar-refractivity contribution >= 4 is 15.9 Å². The summed E-state index contributed by atoms with van der Waals surface area (Å²) in [6.07, 6.45) is 6.55. The van der Waals surface area contributed by atoms with Crippen LogP contribution in [0.15, 0.2) is 16.6 Å². The predicted octanol–water partition coefficient (Wildman–Crippen LogP) is 4.22. The first-order valence-corrected chi connectivity index (χ1v) is 8.22. The number of nitrogens with one attached hydrogen (secondary N) is 1. The lowest BCUT2D eigenvalue weighted by molar-refractivity contribution is 0.285. The number of benzene rings is 1. The fourth-order valence-corrected chi connectivity index (χ4v) is 3.41. The molecule has 1 aromatic carbocycles. The van der Waals surface area contributed by atoms with E-state index < -0.39 is 0 Å². The van der Waals surface area contributed by atoms with Gasteiger partial charge in [-0.3, -0.25) is 0 Å². The van der Waals surface area contributed by atoms with E-state index in [2.05, 4.69) is 28.2 Å². The molecule has 0 saturated heterocycles. The van der Waals surface area contributed by atoms with Gasteiger partial charge in [0.25, 0.3) is 0 Å². The van der Waals surface area contributed by atoms with Crippen LogP contribution in [0.3, 0.4) is 0 Å². The molecule has 0 bridgehead atoms. The van der Waals surface area contributed by atoms with Gasteiger partial charge in [0.15, 0.2) is 11.5 Å². The molecule has 0 unspecified atom stereocenters. The Kier molecular flexibility index (Phi) is 5.73. The molecule has 1 aliphatic carbocycles. The molecule has 0 aromatic heterocycles. The number of phenols is 1. The largest absolute Gasteiger partial charge is 0.503 e. The molecule has 0 aliphatic heterocycles. The van der Waals surface area contributed by atoms with E-state index >= 15 is 0 Å². The zero-order valence-corrected chi connectivity index (χ0v) is 13.9. The highest BCUT2D eigenvalue weighted by atomic mass is 79.9. The van der Waals surface area contributed by atoms with Crippen LogP contribution < -0.4 is 10.1 Å². The SMILES string of the molecule is CCC1CCC(NCc2cc(Br)c(O)c(OC)c2)CC1. The molecule has 0 spiro atoms. The van der Waals surface area contributed by atoms with Crippen molar-refractivity contribution in [3.8, 4) is 11.5 Å². The van der Waals surface area contributed by atoms with Crippen LogP contribution in [-0.2, 0) is 6.54 Å². The number of aromatic hydroxyl groups is 1. The van der Waals surface area contributed by atoms with Gasteiger partial charge in [0.1, 0.15) is 0 Å². The molecule has 112 valence electrons. The van der Waals surface area contributed by atoms with Crippen LogP contribution in [0.4, 0.5) is 0 Å². The van der Waals surface area contributed by atoms with Crippen molar-refractivity contribution in [2.45, 2.75) is 51.6 Å². The standard InChI is InChI=1S/C16H24BrNO2/c1-3-11-4-6-13(7-5-11)18-10-12-8-14(17)16(19)15(9-12)20-2/h8-9,11,13,18-19H,3-7,10H2,1-2H3. The van der Waals surface area contributed by atoms with Gasteiger partial charge in [0.05, 0.1) is 11.6 Å². The highest BCUT2D eigenvalue weighted by Gasteiger charge is 2.19. The minimum absolute atomic E-state index is 0.166. The highest BCUT2D eigenvalue weighted by molar-refractivity contribution is 9.10. The van der Waals surface area contributed by atoms with Crippen molar-refractivity contribution in [3.63, 3.8) is 0 Å². The van der Waals surface area contributed by atoms with Gasteiger partial charge >= 0.3 is 0 Å². The molecule has 0 atom stereocenters. The van der Waals surface area contributed by atoms with Crippen LogP contribution in [0.1, 0.15) is 44.6 Å². The Morgan fingerprint density at radius 3 is 2.60 bits per heavy atom. The van der Waals surface area contributed by atoms with Gasteiger partial charge in [-0.15, -0.1) is 0 Å². The van der Waals surface area contributed by atoms with Gasteiger partial charge in [-0.1, -0.05) is 13.3 Å². The molecule has 2 rings (SSSR count). The number of ether oxygens (including phenoxy) is 1. The second-order valence-electron chi connectivity index (χ2n) is 5.64. The molecule has 0 amide bonds. The van der Waals surface area contributed by atoms with Gasteiger partial charge in [0, 0.05) is 12.6 Å². The smallest absolute Gasteiger partial charge is 0.172 e. The summed E-state index contributed by atoms with van der Waals surface area (Å²) in [4.78, 5) is 0. The summed E-state index contributed by atoms with van der Waals surface area (Å²) in [5, 5.41) is 13.4. The van der Waals surface area contributed by atoms with Gasteiger partial charge in [-0.2, -0.15) is 0 Å². The Bertz CT molecular complexity index is 442. The summed E-state index contributed by atoms with van der Waals surface area (Å²) in [6.45, 7) is 3.11. The first-order valence-electron chi connectivity index (χ1n) is 7.42. The third-order valence-electron chi connectivity index (χ3n) is 4.33. The van der Waals surface area contributed by atoms with Crippen molar-refractivity contribution < 1.29 is 9.84 Å².